The van der Waals surface area contributed by atoms with Crippen LogP contribution in [-0.4, -0.2) is 31.7 Å². The third kappa shape index (κ3) is 6.98. The Morgan fingerprint density at radius 2 is 1.68 bits per heavy atom. The number of aromatic nitrogens is 1. The Morgan fingerprint density at radius 1 is 0.946 bits per heavy atom. The molecule has 4 rings (SSSR count). The lowest BCUT2D eigenvalue weighted by atomic mass is 10.2. The number of azo groups is 1. The van der Waals surface area contributed by atoms with Gasteiger partial charge in [-0.15, -0.1) is 11.3 Å². The first kappa shape index (κ1) is 26.4. The van der Waals surface area contributed by atoms with Crippen LogP contribution in [0, 0.1) is 5.82 Å². The Balaban J connectivity index is 1.43. The van der Waals surface area contributed by atoms with E-state index in [0.717, 1.165) is 29.6 Å². The Labute approximate surface area is 220 Å². The van der Waals surface area contributed by atoms with Crippen LogP contribution in [-0.2, 0) is 4.74 Å². The molecule has 0 N–H and O–H groups in total. The number of carbonyl (C=O) groups is 1. The van der Waals surface area contributed by atoms with Crippen LogP contribution in [0.2, 0.25) is 0 Å². The van der Waals surface area contributed by atoms with Crippen LogP contribution < -0.4 is 4.90 Å². The summed E-state index contributed by atoms with van der Waals surface area (Å²) in [5, 5.41) is 8.91. The maximum atomic E-state index is 15.0. The molecule has 0 spiro atoms. The van der Waals surface area contributed by atoms with E-state index in [1.165, 1.54) is 30.2 Å². The first-order chi connectivity index (χ1) is 17.9. The van der Waals surface area contributed by atoms with Crippen molar-refractivity contribution >= 4 is 44.6 Å². The summed E-state index contributed by atoms with van der Waals surface area (Å²) in [5.74, 6) is -0.772. The highest BCUT2D eigenvalue weighted by molar-refractivity contribution is 7.21. The monoisotopic (exact) mass is 518 g/mol. The maximum absolute atomic E-state index is 15.0. The summed E-state index contributed by atoms with van der Waals surface area (Å²) in [7, 11) is 3.94. The van der Waals surface area contributed by atoms with Crippen LogP contribution in [0.5, 0.6) is 0 Å². The number of rotatable bonds is 11. The third-order valence-electron chi connectivity index (χ3n) is 5.94. The second-order valence-corrected chi connectivity index (χ2v) is 10.1. The summed E-state index contributed by atoms with van der Waals surface area (Å²) >= 11 is 1.34. The smallest absolute Gasteiger partial charge is 0.338 e. The summed E-state index contributed by atoms with van der Waals surface area (Å²) in [4.78, 5) is 19.0. The van der Waals surface area contributed by atoms with Crippen molar-refractivity contribution < 1.29 is 13.9 Å². The Kier molecular flexibility index (Phi) is 8.95. The van der Waals surface area contributed by atoms with E-state index in [-0.39, 0.29) is 5.97 Å². The zero-order valence-corrected chi connectivity index (χ0v) is 22.2. The minimum Gasteiger partial charge on any atom is -0.462 e. The van der Waals surface area contributed by atoms with Gasteiger partial charge in [0.15, 0.2) is 0 Å². The lowest BCUT2D eigenvalue weighted by Gasteiger charge is -2.11. The number of ether oxygens (including phenoxy) is 1. The number of unbranched alkanes of at least 4 members (excludes halogenated alkanes) is 4. The van der Waals surface area contributed by atoms with Gasteiger partial charge in [-0.1, -0.05) is 32.6 Å². The molecule has 0 aliphatic carbocycles. The van der Waals surface area contributed by atoms with Gasteiger partial charge in [-0.05, 0) is 61.0 Å². The first-order valence-corrected chi connectivity index (χ1v) is 13.3. The van der Waals surface area contributed by atoms with Crippen molar-refractivity contribution in [2.24, 2.45) is 10.2 Å². The SMILES string of the molecule is CCCCCCCOC(=O)c1ccc2nc(-c3ccc(N=Nc4ccc(N(C)C)cc4)cc3F)sc2c1. The maximum Gasteiger partial charge on any atom is 0.338 e. The predicted molar refractivity (Wildman–Crippen MR) is 149 cm³/mol. The van der Waals surface area contributed by atoms with Crippen molar-refractivity contribution in [2.75, 3.05) is 25.6 Å². The summed E-state index contributed by atoms with van der Waals surface area (Å²) in [6.45, 7) is 2.59. The van der Waals surface area contributed by atoms with Crippen molar-refractivity contribution in [3.05, 3.63) is 72.0 Å². The van der Waals surface area contributed by atoms with E-state index in [4.69, 9.17) is 4.74 Å². The van der Waals surface area contributed by atoms with E-state index in [1.807, 2.05) is 43.3 Å². The van der Waals surface area contributed by atoms with Crippen LogP contribution in [0.25, 0.3) is 20.8 Å². The topological polar surface area (TPSA) is 67.1 Å². The highest BCUT2D eigenvalue weighted by Gasteiger charge is 2.14. The lowest BCUT2D eigenvalue weighted by Crippen LogP contribution is -2.07. The van der Waals surface area contributed by atoms with E-state index in [0.29, 0.717) is 39.6 Å². The third-order valence-corrected chi connectivity index (χ3v) is 6.99. The standard InChI is InChI=1S/C29H31FN4O2S/c1-4-5-6-7-8-17-36-29(35)20-9-16-26-27(18-20)37-28(31-26)24-15-12-22(19-25(24)30)33-32-21-10-13-23(14-11-21)34(2)3/h9-16,18-19H,4-8,17H2,1-3H3. The number of halogens is 1. The molecule has 192 valence electrons. The highest BCUT2D eigenvalue weighted by atomic mass is 32.1. The molecule has 0 aliphatic heterocycles. The molecule has 0 atom stereocenters. The number of esters is 1. The van der Waals surface area contributed by atoms with Gasteiger partial charge in [0, 0.05) is 31.4 Å². The second kappa shape index (κ2) is 12.5. The zero-order chi connectivity index (χ0) is 26.2. The van der Waals surface area contributed by atoms with E-state index >= 15 is 0 Å². The van der Waals surface area contributed by atoms with Gasteiger partial charge in [-0.3, -0.25) is 0 Å². The minimum atomic E-state index is -0.429. The summed E-state index contributed by atoms with van der Waals surface area (Å²) in [6.07, 6.45) is 5.48. The molecule has 1 heterocycles. The number of nitrogens with zero attached hydrogens (tertiary/aromatic N) is 4. The van der Waals surface area contributed by atoms with Crippen molar-refractivity contribution in [3.63, 3.8) is 0 Å². The minimum absolute atomic E-state index is 0.343. The first-order valence-electron chi connectivity index (χ1n) is 12.5. The molecular formula is C29H31FN4O2S. The zero-order valence-electron chi connectivity index (χ0n) is 21.4. The van der Waals surface area contributed by atoms with Gasteiger partial charge in [0.1, 0.15) is 10.8 Å². The van der Waals surface area contributed by atoms with E-state index < -0.39 is 5.82 Å². The molecule has 4 aromatic rings. The van der Waals surface area contributed by atoms with Crippen molar-refractivity contribution in [2.45, 2.75) is 39.0 Å². The Hall–Kier alpha value is -3.65. The summed E-state index contributed by atoms with van der Waals surface area (Å²) in [5.41, 5.74) is 3.73. The van der Waals surface area contributed by atoms with Gasteiger partial charge in [0.05, 0.1) is 33.8 Å². The van der Waals surface area contributed by atoms with Crippen LogP contribution in [0.15, 0.2) is 70.9 Å². The van der Waals surface area contributed by atoms with E-state index in [1.54, 1.807) is 30.3 Å². The van der Waals surface area contributed by atoms with Gasteiger partial charge in [0.25, 0.3) is 0 Å². The molecule has 6 nitrogen and oxygen atoms in total. The molecule has 1 aromatic heterocycles. The fourth-order valence-corrected chi connectivity index (χ4v) is 4.83. The number of fused-ring (bicyclic) bond motifs is 1. The summed E-state index contributed by atoms with van der Waals surface area (Å²) in [6, 6.07) is 17.6. The molecule has 0 saturated heterocycles. The van der Waals surface area contributed by atoms with Crippen LogP contribution in [0.3, 0.4) is 0 Å². The molecule has 0 bridgehead atoms. The van der Waals surface area contributed by atoms with Crippen LogP contribution >= 0.6 is 11.3 Å². The number of thiazole rings is 1. The molecule has 0 amide bonds. The fraction of sp³-hybridized carbons (Fsp3) is 0.310. The molecular weight excluding hydrogens is 487 g/mol. The number of hydrogen-bond donors (Lipinski definition) is 0. The van der Waals surface area contributed by atoms with Gasteiger partial charge < -0.3 is 9.64 Å². The molecule has 0 saturated carbocycles. The lowest BCUT2D eigenvalue weighted by molar-refractivity contribution is 0.0498. The molecule has 8 heteroatoms. The number of carbonyl (C=O) groups excluding carboxylic acids is 1. The molecule has 37 heavy (non-hydrogen) atoms. The second-order valence-electron chi connectivity index (χ2n) is 9.03. The van der Waals surface area contributed by atoms with Crippen LogP contribution in [0.1, 0.15) is 49.4 Å². The molecule has 0 radical (unpaired) electrons. The predicted octanol–water partition coefficient (Wildman–Crippen LogP) is 8.71. The van der Waals surface area contributed by atoms with E-state index in [2.05, 4.69) is 22.1 Å². The Morgan fingerprint density at radius 3 is 2.41 bits per heavy atom. The number of anilines is 1. The van der Waals surface area contributed by atoms with Crippen molar-refractivity contribution in [1.82, 2.24) is 4.98 Å². The Bertz CT molecular complexity index is 1380. The molecule has 0 fully saturated rings. The largest absolute Gasteiger partial charge is 0.462 e. The quantitative estimate of drug-likeness (QED) is 0.113. The van der Waals surface area contributed by atoms with Crippen LogP contribution in [0.4, 0.5) is 21.5 Å². The molecule has 0 aliphatic rings. The normalized spacial score (nSPS) is 11.4. The van der Waals surface area contributed by atoms with Gasteiger partial charge >= 0.3 is 5.97 Å². The van der Waals surface area contributed by atoms with Crippen molar-refractivity contribution in [3.8, 4) is 10.6 Å². The molecule has 0 unspecified atom stereocenters. The van der Waals surface area contributed by atoms with Gasteiger partial charge in [0.2, 0.25) is 0 Å². The highest BCUT2D eigenvalue weighted by Crippen LogP contribution is 2.34. The summed E-state index contributed by atoms with van der Waals surface area (Å²) < 4.78 is 21.2. The average molecular weight is 519 g/mol. The van der Waals surface area contributed by atoms with Gasteiger partial charge in [-0.2, -0.15) is 10.2 Å². The van der Waals surface area contributed by atoms with Crippen molar-refractivity contribution in [1.29, 1.82) is 0 Å². The molecule has 3 aromatic carbocycles. The number of benzene rings is 3. The fourth-order valence-electron chi connectivity index (χ4n) is 3.79. The van der Waals surface area contributed by atoms with E-state index in [9.17, 15) is 9.18 Å². The van der Waals surface area contributed by atoms with Gasteiger partial charge in [-0.25, -0.2) is 14.2 Å². The average Bonchev–Trinajstić information content (AvgIpc) is 3.32. The number of hydrogen-bond acceptors (Lipinski definition) is 7.